The molecule has 0 aliphatic heterocycles. The first-order valence-electron chi connectivity index (χ1n) is 13.9. The van der Waals surface area contributed by atoms with Crippen LogP contribution in [-0.2, 0) is 0 Å². The Morgan fingerprint density at radius 2 is 1.55 bits per heavy atom. The van der Waals surface area contributed by atoms with Gasteiger partial charge < -0.3 is 0 Å². The van der Waals surface area contributed by atoms with Crippen LogP contribution in [0.3, 0.4) is 0 Å². The van der Waals surface area contributed by atoms with Crippen molar-refractivity contribution in [2.24, 2.45) is 46.3 Å². The van der Waals surface area contributed by atoms with E-state index in [0.717, 1.165) is 35.5 Å². The number of allylic oxidation sites excluding steroid dienone is 2. The molecule has 0 spiro atoms. The van der Waals surface area contributed by atoms with E-state index in [2.05, 4.69) is 54.5 Å². The van der Waals surface area contributed by atoms with E-state index in [1.165, 1.54) is 57.8 Å². The van der Waals surface area contributed by atoms with Crippen LogP contribution in [0.1, 0.15) is 141 Å². The van der Waals surface area contributed by atoms with Crippen LogP contribution in [0.2, 0.25) is 0 Å². The maximum absolute atomic E-state index is 2.69. The molecule has 3 rings (SSSR count). The number of hydrogen-bond acceptors (Lipinski definition) is 0. The fourth-order valence-corrected chi connectivity index (χ4v) is 8.20. The van der Waals surface area contributed by atoms with Crippen molar-refractivity contribution in [2.75, 3.05) is 0 Å². The SMILES string of the molecule is C.C/C=C1/C(C)CC1(C)C1CCC2(C)C(CCCCC(C)C)CCC2C1C.CC.CC. The van der Waals surface area contributed by atoms with E-state index in [1.54, 1.807) is 5.57 Å². The van der Waals surface area contributed by atoms with Crippen LogP contribution in [0.5, 0.6) is 0 Å². The second-order valence-electron chi connectivity index (χ2n) is 11.3. The third-order valence-corrected chi connectivity index (χ3v) is 9.50. The Labute approximate surface area is 199 Å². The minimum atomic E-state index is 0. The van der Waals surface area contributed by atoms with Crippen molar-refractivity contribution in [3.8, 4) is 0 Å². The Kier molecular flexibility index (Phi) is 13.3. The Morgan fingerprint density at radius 1 is 0.935 bits per heavy atom. The molecule has 0 radical (unpaired) electrons. The lowest BCUT2D eigenvalue weighted by atomic mass is 9.46. The molecule has 0 saturated heterocycles. The van der Waals surface area contributed by atoms with Gasteiger partial charge in [0.25, 0.3) is 0 Å². The third kappa shape index (κ3) is 6.20. The van der Waals surface area contributed by atoms with Crippen molar-refractivity contribution >= 4 is 0 Å². The van der Waals surface area contributed by atoms with Gasteiger partial charge in [-0.2, -0.15) is 0 Å². The predicted octanol–water partition coefficient (Wildman–Crippen LogP) is 11.0. The van der Waals surface area contributed by atoms with Gasteiger partial charge >= 0.3 is 0 Å². The standard InChI is InChI=1S/C26H46.2C2H6.CH4/c1-8-22-19(4)17-26(22,7)24-15-16-25(6)21(12-10-9-11-18(2)3)13-14-23(25)20(24)5;2*1-2;/h8,18-21,23-24H,9-17H2,1-7H3;2*1-2H3;1H4/b22-8-;;;. The Bertz CT molecular complexity index is 514. The summed E-state index contributed by atoms with van der Waals surface area (Å²) in [5.41, 5.74) is 2.95. The zero-order valence-electron chi connectivity index (χ0n) is 22.9. The van der Waals surface area contributed by atoms with Gasteiger partial charge in [0, 0.05) is 0 Å². The van der Waals surface area contributed by atoms with E-state index in [-0.39, 0.29) is 7.43 Å². The Balaban J connectivity index is 0.00000170. The van der Waals surface area contributed by atoms with Gasteiger partial charge in [0.05, 0.1) is 0 Å². The van der Waals surface area contributed by atoms with Crippen LogP contribution in [0.4, 0.5) is 0 Å². The fraction of sp³-hybridized carbons (Fsp3) is 0.935. The van der Waals surface area contributed by atoms with Crippen molar-refractivity contribution in [1.82, 2.24) is 0 Å². The summed E-state index contributed by atoms with van der Waals surface area (Å²) < 4.78 is 0. The first-order chi connectivity index (χ1) is 14.2. The summed E-state index contributed by atoms with van der Waals surface area (Å²) in [7, 11) is 0. The molecule has 0 nitrogen and oxygen atoms in total. The van der Waals surface area contributed by atoms with Gasteiger partial charge in [-0.15, -0.1) is 0 Å². The van der Waals surface area contributed by atoms with Gasteiger partial charge in [-0.05, 0) is 91.8 Å². The highest BCUT2D eigenvalue weighted by molar-refractivity contribution is 5.28. The minimum absolute atomic E-state index is 0. The van der Waals surface area contributed by atoms with Gasteiger partial charge in [-0.3, -0.25) is 0 Å². The van der Waals surface area contributed by atoms with Crippen LogP contribution in [0, 0.1) is 46.3 Å². The number of rotatable bonds is 6. The van der Waals surface area contributed by atoms with Gasteiger partial charge in [-0.25, -0.2) is 0 Å². The maximum atomic E-state index is 2.69. The van der Waals surface area contributed by atoms with Gasteiger partial charge in [-0.1, -0.05) is 108 Å². The maximum Gasteiger partial charge on any atom is -0.00773 e. The lowest BCUT2D eigenvalue weighted by molar-refractivity contribution is -0.0472. The van der Waals surface area contributed by atoms with Crippen molar-refractivity contribution in [3.63, 3.8) is 0 Å². The molecule has 0 amide bonds. The zero-order valence-corrected chi connectivity index (χ0v) is 22.9. The van der Waals surface area contributed by atoms with Crippen molar-refractivity contribution in [2.45, 2.75) is 141 Å². The molecule has 0 heteroatoms. The molecule has 31 heavy (non-hydrogen) atoms. The van der Waals surface area contributed by atoms with Crippen LogP contribution in [0.15, 0.2) is 11.6 Å². The fourth-order valence-electron chi connectivity index (χ4n) is 8.20. The summed E-state index contributed by atoms with van der Waals surface area (Å²) in [5.74, 6) is 5.57. The first kappa shape index (κ1) is 30.7. The summed E-state index contributed by atoms with van der Waals surface area (Å²) in [5, 5.41) is 0. The average molecular weight is 435 g/mol. The zero-order chi connectivity index (χ0) is 23.1. The predicted molar refractivity (Wildman–Crippen MR) is 145 cm³/mol. The largest absolute Gasteiger partial charge is 0.0876 e. The third-order valence-electron chi connectivity index (χ3n) is 9.50. The molecule has 0 aromatic heterocycles. The van der Waals surface area contributed by atoms with E-state index in [9.17, 15) is 0 Å². The monoisotopic (exact) mass is 434 g/mol. The molecule has 0 heterocycles. The van der Waals surface area contributed by atoms with Crippen molar-refractivity contribution < 1.29 is 0 Å². The first-order valence-corrected chi connectivity index (χ1v) is 13.9. The van der Waals surface area contributed by atoms with Gasteiger partial charge in [0.15, 0.2) is 0 Å². The van der Waals surface area contributed by atoms with E-state index in [0.29, 0.717) is 10.8 Å². The van der Waals surface area contributed by atoms with Gasteiger partial charge in [0.1, 0.15) is 0 Å². The summed E-state index contributed by atoms with van der Waals surface area (Å²) in [6.07, 6.45) is 15.8. The Hall–Kier alpha value is -0.260. The molecule has 7 atom stereocenters. The summed E-state index contributed by atoms with van der Waals surface area (Å²) in [4.78, 5) is 0. The lowest BCUT2D eigenvalue weighted by Crippen LogP contribution is -2.51. The highest BCUT2D eigenvalue weighted by atomic mass is 14.6. The summed E-state index contributed by atoms with van der Waals surface area (Å²) in [6.45, 7) is 25.4. The second-order valence-corrected chi connectivity index (χ2v) is 11.3. The van der Waals surface area contributed by atoms with Crippen LogP contribution < -0.4 is 0 Å². The smallest absolute Gasteiger partial charge is 0.00773 e. The highest BCUT2D eigenvalue weighted by Crippen LogP contribution is 2.66. The molecule has 0 N–H and O–H groups in total. The molecule has 3 saturated carbocycles. The summed E-state index contributed by atoms with van der Waals surface area (Å²) >= 11 is 0. The van der Waals surface area contributed by atoms with E-state index >= 15 is 0 Å². The molecule has 3 fully saturated rings. The van der Waals surface area contributed by atoms with Crippen molar-refractivity contribution in [3.05, 3.63) is 11.6 Å². The molecule has 7 unspecified atom stereocenters. The van der Waals surface area contributed by atoms with Crippen molar-refractivity contribution in [1.29, 1.82) is 0 Å². The summed E-state index contributed by atoms with van der Waals surface area (Å²) in [6, 6.07) is 0. The molecule has 0 aromatic carbocycles. The molecular formula is C31H62. The molecule has 0 bridgehead atoms. The number of unbranched alkanes of at least 4 members (excludes halogenated alkanes) is 1. The molecule has 3 aliphatic carbocycles. The molecular weight excluding hydrogens is 372 g/mol. The minimum Gasteiger partial charge on any atom is -0.0876 e. The number of fused-ring (bicyclic) bond motifs is 1. The van der Waals surface area contributed by atoms with Crippen LogP contribution >= 0.6 is 0 Å². The number of hydrogen-bond donors (Lipinski definition) is 0. The lowest BCUT2D eigenvalue weighted by Gasteiger charge is -2.59. The van der Waals surface area contributed by atoms with Gasteiger partial charge in [0.2, 0.25) is 0 Å². The van der Waals surface area contributed by atoms with Crippen LogP contribution in [0.25, 0.3) is 0 Å². The molecule has 186 valence electrons. The molecule has 3 aliphatic rings. The van der Waals surface area contributed by atoms with Crippen LogP contribution in [-0.4, -0.2) is 0 Å². The average Bonchev–Trinajstić information content (AvgIpc) is 3.05. The van der Waals surface area contributed by atoms with E-state index in [4.69, 9.17) is 0 Å². The quantitative estimate of drug-likeness (QED) is 0.288. The highest BCUT2D eigenvalue weighted by Gasteiger charge is 2.58. The normalized spacial score (nSPS) is 40.0. The van der Waals surface area contributed by atoms with E-state index in [1.807, 2.05) is 27.7 Å². The second kappa shape index (κ2) is 13.4. The van der Waals surface area contributed by atoms with E-state index < -0.39 is 0 Å². The molecule has 0 aromatic rings. The Morgan fingerprint density at radius 3 is 2.06 bits per heavy atom. The topological polar surface area (TPSA) is 0 Å².